The summed E-state index contributed by atoms with van der Waals surface area (Å²) in [5.41, 5.74) is 1.09. The van der Waals surface area contributed by atoms with E-state index in [9.17, 15) is 9.18 Å². The quantitative estimate of drug-likeness (QED) is 0.631. The van der Waals surface area contributed by atoms with Gasteiger partial charge in [0.25, 0.3) is 0 Å². The number of halogens is 3. The van der Waals surface area contributed by atoms with Gasteiger partial charge in [0, 0.05) is 11.8 Å². The fraction of sp³-hybridized carbons (Fsp3) is 0.214. The average Bonchev–Trinajstić information content (AvgIpc) is 2.49. The highest BCUT2D eigenvalue weighted by atomic mass is 35.5. The van der Waals surface area contributed by atoms with E-state index in [2.05, 4.69) is 9.97 Å². The molecule has 0 aliphatic carbocycles. The van der Waals surface area contributed by atoms with Crippen molar-refractivity contribution in [1.29, 1.82) is 0 Å². The molecule has 0 radical (unpaired) electrons. The standard InChI is InChI=1S/C14H11Cl2FN2O2/c1-2-21-14(20)9-7-18-13(19-12(9)6-15)8-3-4-11(17)10(16)5-8/h3-5,7H,2,6H2,1H3. The SMILES string of the molecule is CCOC(=O)c1cnc(-c2ccc(F)c(Cl)c2)nc1CCl. The Morgan fingerprint density at radius 2 is 2.19 bits per heavy atom. The molecule has 1 aromatic carbocycles. The highest BCUT2D eigenvalue weighted by Crippen LogP contribution is 2.23. The maximum absolute atomic E-state index is 13.2. The van der Waals surface area contributed by atoms with E-state index in [0.717, 1.165) is 0 Å². The number of hydrogen-bond acceptors (Lipinski definition) is 4. The van der Waals surface area contributed by atoms with Gasteiger partial charge in [0.15, 0.2) is 5.82 Å². The average molecular weight is 329 g/mol. The van der Waals surface area contributed by atoms with Crippen molar-refractivity contribution in [2.24, 2.45) is 0 Å². The summed E-state index contributed by atoms with van der Waals surface area (Å²) in [6.07, 6.45) is 1.34. The Bertz CT molecular complexity index is 680. The number of ether oxygens (including phenoxy) is 1. The molecule has 0 unspecified atom stereocenters. The predicted molar refractivity (Wildman–Crippen MR) is 77.9 cm³/mol. The fourth-order valence-corrected chi connectivity index (χ4v) is 2.06. The second-order valence-electron chi connectivity index (χ2n) is 4.04. The van der Waals surface area contributed by atoms with Crippen molar-refractivity contribution in [3.63, 3.8) is 0 Å². The first-order valence-electron chi connectivity index (χ1n) is 6.11. The maximum Gasteiger partial charge on any atom is 0.341 e. The van der Waals surface area contributed by atoms with Gasteiger partial charge < -0.3 is 4.74 Å². The third-order valence-corrected chi connectivity index (χ3v) is 3.21. The molecule has 2 rings (SSSR count). The van der Waals surface area contributed by atoms with Crippen LogP contribution in [0.2, 0.25) is 5.02 Å². The lowest BCUT2D eigenvalue weighted by Gasteiger charge is -2.08. The molecule has 7 heteroatoms. The molecule has 21 heavy (non-hydrogen) atoms. The minimum Gasteiger partial charge on any atom is -0.462 e. The van der Waals surface area contributed by atoms with Gasteiger partial charge in [-0.15, -0.1) is 11.6 Å². The largest absolute Gasteiger partial charge is 0.462 e. The number of benzene rings is 1. The number of hydrogen-bond donors (Lipinski definition) is 0. The molecule has 0 N–H and O–H groups in total. The Balaban J connectivity index is 2.42. The molecule has 0 bridgehead atoms. The molecule has 1 aromatic heterocycles. The lowest BCUT2D eigenvalue weighted by molar-refractivity contribution is 0.0524. The summed E-state index contributed by atoms with van der Waals surface area (Å²) in [7, 11) is 0. The monoisotopic (exact) mass is 328 g/mol. The second-order valence-corrected chi connectivity index (χ2v) is 4.71. The fourth-order valence-electron chi connectivity index (χ4n) is 1.67. The van der Waals surface area contributed by atoms with Crippen LogP contribution in [-0.4, -0.2) is 22.5 Å². The zero-order valence-corrected chi connectivity index (χ0v) is 12.6. The first-order valence-corrected chi connectivity index (χ1v) is 7.02. The van der Waals surface area contributed by atoms with Crippen LogP contribution < -0.4 is 0 Å². The normalized spacial score (nSPS) is 10.5. The molecule has 0 saturated carbocycles. The van der Waals surface area contributed by atoms with Gasteiger partial charge in [-0.1, -0.05) is 11.6 Å². The molecule has 0 spiro atoms. The van der Waals surface area contributed by atoms with Crippen molar-refractivity contribution < 1.29 is 13.9 Å². The van der Waals surface area contributed by atoms with Crippen molar-refractivity contribution in [3.8, 4) is 11.4 Å². The van der Waals surface area contributed by atoms with E-state index in [4.69, 9.17) is 27.9 Å². The molecule has 0 saturated heterocycles. The lowest BCUT2D eigenvalue weighted by atomic mass is 10.2. The number of carbonyl (C=O) groups is 1. The molecular weight excluding hydrogens is 318 g/mol. The Kier molecular flexibility index (Phi) is 5.09. The van der Waals surface area contributed by atoms with E-state index in [1.54, 1.807) is 6.92 Å². The Labute approximate surface area is 130 Å². The smallest absolute Gasteiger partial charge is 0.341 e. The minimum atomic E-state index is -0.531. The highest BCUT2D eigenvalue weighted by molar-refractivity contribution is 6.31. The minimum absolute atomic E-state index is 0.0264. The zero-order chi connectivity index (χ0) is 15.4. The van der Waals surface area contributed by atoms with Gasteiger partial charge in [0.1, 0.15) is 11.4 Å². The van der Waals surface area contributed by atoms with Crippen LogP contribution in [0, 0.1) is 5.82 Å². The van der Waals surface area contributed by atoms with Crippen molar-refractivity contribution in [3.05, 3.63) is 46.5 Å². The molecular formula is C14H11Cl2FN2O2. The molecule has 1 heterocycles. The van der Waals surface area contributed by atoms with E-state index in [0.29, 0.717) is 17.1 Å². The van der Waals surface area contributed by atoms with E-state index >= 15 is 0 Å². The molecule has 0 amide bonds. The Hall–Kier alpha value is -1.72. The van der Waals surface area contributed by atoms with Gasteiger partial charge in [-0.3, -0.25) is 0 Å². The third kappa shape index (κ3) is 3.49. The van der Waals surface area contributed by atoms with E-state index in [1.807, 2.05) is 0 Å². The second kappa shape index (κ2) is 6.83. The number of esters is 1. The van der Waals surface area contributed by atoms with Crippen LogP contribution in [0.5, 0.6) is 0 Å². The molecule has 0 aliphatic heterocycles. The van der Waals surface area contributed by atoms with E-state index < -0.39 is 11.8 Å². The first kappa shape index (κ1) is 15.7. The van der Waals surface area contributed by atoms with Gasteiger partial charge in [0.2, 0.25) is 0 Å². The van der Waals surface area contributed by atoms with Gasteiger partial charge in [-0.25, -0.2) is 19.2 Å². The van der Waals surface area contributed by atoms with Crippen molar-refractivity contribution in [1.82, 2.24) is 9.97 Å². The van der Waals surface area contributed by atoms with Gasteiger partial charge in [-0.05, 0) is 25.1 Å². The first-order chi connectivity index (χ1) is 10.1. The lowest BCUT2D eigenvalue weighted by Crippen LogP contribution is -2.10. The van der Waals surface area contributed by atoms with Crippen LogP contribution in [0.15, 0.2) is 24.4 Å². The predicted octanol–water partition coefficient (Wildman–Crippen LogP) is 3.85. The summed E-state index contributed by atoms with van der Waals surface area (Å²) in [6.45, 7) is 1.95. The number of nitrogens with zero attached hydrogens (tertiary/aromatic N) is 2. The summed E-state index contributed by atoms with van der Waals surface area (Å²) in [5.74, 6) is -0.725. The third-order valence-electron chi connectivity index (χ3n) is 2.67. The van der Waals surface area contributed by atoms with Crippen LogP contribution in [0.1, 0.15) is 23.0 Å². The van der Waals surface area contributed by atoms with E-state index in [1.165, 1.54) is 24.4 Å². The summed E-state index contributed by atoms with van der Waals surface area (Å²) >= 11 is 11.5. The van der Waals surface area contributed by atoms with Crippen LogP contribution in [0.4, 0.5) is 4.39 Å². The molecule has 0 atom stereocenters. The molecule has 2 aromatic rings. The number of carbonyl (C=O) groups excluding carboxylic acids is 1. The van der Waals surface area contributed by atoms with E-state index in [-0.39, 0.29) is 23.1 Å². The highest BCUT2D eigenvalue weighted by Gasteiger charge is 2.16. The summed E-state index contributed by atoms with van der Waals surface area (Å²) in [5, 5.41) is -0.0296. The van der Waals surface area contributed by atoms with Crippen molar-refractivity contribution >= 4 is 29.2 Å². The van der Waals surface area contributed by atoms with Crippen LogP contribution in [0.3, 0.4) is 0 Å². The Morgan fingerprint density at radius 1 is 1.43 bits per heavy atom. The number of aromatic nitrogens is 2. The molecule has 110 valence electrons. The van der Waals surface area contributed by atoms with Crippen molar-refractivity contribution in [2.45, 2.75) is 12.8 Å². The van der Waals surface area contributed by atoms with Crippen LogP contribution in [0.25, 0.3) is 11.4 Å². The Morgan fingerprint density at radius 3 is 2.81 bits per heavy atom. The maximum atomic E-state index is 13.2. The number of rotatable bonds is 4. The molecule has 0 aliphatic rings. The van der Waals surface area contributed by atoms with Gasteiger partial charge in [0.05, 0.1) is 23.2 Å². The zero-order valence-electron chi connectivity index (χ0n) is 11.1. The number of alkyl halides is 1. The molecule has 0 fully saturated rings. The van der Waals surface area contributed by atoms with Crippen LogP contribution >= 0.6 is 23.2 Å². The summed E-state index contributed by atoms with van der Waals surface area (Å²) < 4.78 is 18.1. The summed E-state index contributed by atoms with van der Waals surface area (Å²) in [4.78, 5) is 20.0. The summed E-state index contributed by atoms with van der Waals surface area (Å²) in [6, 6.07) is 4.13. The van der Waals surface area contributed by atoms with Gasteiger partial charge >= 0.3 is 5.97 Å². The topological polar surface area (TPSA) is 52.1 Å². The van der Waals surface area contributed by atoms with Gasteiger partial charge in [-0.2, -0.15) is 0 Å². The molecule has 4 nitrogen and oxygen atoms in total. The van der Waals surface area contributed by atoms with Crippen LogP contribution in [-0.2, 0) is 10.6 Å². The van der Waals surface area contributed by atoms with Crippen molar-refractivity contribution in [2.75, 3.05) is 6.61 Å².